The number of amides is 1. The number of halogens is 3. The van der Waals surface area contributed by atoms with Gasteiger partial charge in [-0.05, 0) is 12.1 Å². The Kier molecular flexibility index (Phi) is 5.55. The number of hydrogen-bond acceptors (Lipinski definition) is 6. The number of anilines is 1. The summed E-state index contributed by atoms with van der Waals surface area (Å²) in [5, 5.41) is 0.596. The molecule has 4 rings (SSSR count). The van der Waals surface area contributed by atoms with Crippen LogP contribution in [0.15, 0.2) is 24.3 Å². The summed E-state index contributed by atoms with van der Waals surface area (Å²) in [5.41, 5.74) is 0.273. The summed E-state index contributed by atoms with van der Waals surface area (Å²) in [4.78, 5) is 25.6. The third-order valence-electron chi connectivity index (χ3n) is 5.23. The molecule has 0 N–H and O–H groups in total. The van der Waals surface area contributed by atoms with E-state index in [-0.39, 0.29) is 11.4 Å². The van der Waals surface area contributed by atoms with Gasteiger partial charge in [-0.25, -0.2) is 9.97 Å². The van der Waals surface area contributed by atoms with Crippen molar-refractivity contribution >= 4 is 22.6 Å². The van der Waals surface area contributed by atoms with Gasteiger partial charge < -0.3 is 14.5 Å². The molecule has 29 heavy (non-hydrogen) atoms. The lowest BCUT2D eigenvalue weighted by Gasteiger charge is -2.37. The summed E-state index contributed by atoms with van der Waals surface area (Å²) in [6.07, 6.45) is -4.61. The van der Waals surface area contributed by atoms with Crippen LogP contribution in [0.4, 0.5) is 19.0 Å². The van der Waals surface area contributed by atoms with E-state index < -0.39 is 12.0 Å². The number of nitrogens with zero attached hydrogens (tertiary/aromatic N) is 5. The topological polar surface area (TPSA) is 61.8 Å². The second kappa shape index (κ2) is 8.11. The summed E-state index contributed by atoms with van der Waals surface area (Å²) < 4.78 is 45.0. The molecule has 1 aromatic carbocycles. The Morgan fingerprint density at radius 2 is 1.69 bits per heavy atom. The lowest BCUT2D eigenvalue weighted by atomic mass is 10.2. The van der Waals surface area contributed by atoms with E-state index in [0.717, 1.165) is 0 Å². The Labute approximate surface area is 166 Å². The molecule has 7 nitrogen and oxygen atoms in total. The minimum absolute atomic E-state index is 0.0635. The Morgan fingerprint density at radius 3 is 2.38 bits per heavy atom. The normalized spacial score (nSPS) is 19.0. The van der Waals surface area contributed by atoms with Gasteiger partial charge in [-0.2, -0.15) is 13.2 Å². The molecule has 0 radical (unpaired) electrons. The Bertz CT molecular complexity index is 878. The maximum Gasteiger partial charge on any atom is 0.451 e. The Balaban J connectivity index is 1.47. The molecule has 2 fully saturated rings. The van der Waals surface area contributed by atoms with Crippen molar-refractivity contribution in [2.75, 3.05) is 63.9 Å². The second-order valence-electron chi connectivity index (χ2n) is 7.14. The van der Waals surface area contributed by atoms with Crippen molar-refractivity contribution in [1.29, 1.82) is 0 Å². The molecule has 0 bridgehead atoms. The third kappa shape index (κ3) is 4.43. The number of benzene rings is 1. The molecule has 156 valence electrons. The molecule has 3 heterocycles. The summed E-state index contributed by atoms with van der Waals surface area (Å²) in [5.74, 6) is -0.771. The minimum atomic E-state index is -4.61. The van der Waals surface area contributed by atoms with Crippen molar-refractivity contribution in [1.82, 2.24) is 19.8 Å². The highest BCUT2D eigenvalue weighted by atomic mass is 19.4. The highest BCUT2D eigenvalue weighted by Gasteiger charge is 2.36. The van der Waals surface area contributed by atoms with Crippen molar-refractivity contribution < 1.29 is 22.7 Å². The summed E-state index contributed by atoms with van der Waals surface area (Å²) >= 11 is 0. The fourth-order valence-electron chi connectivity index (χ4n) is 3.65. The van der Waals surface area contributed by atoms with E-state index in [1.807, 2.05) is 9.80 Å². The first kappa shape index (κ1) is 19.8. The smallest absolute Gasteiger partial charge is 0.378 e. The molecular formula is C19H22F3N5O2. The molecule has 2 aliphatic heterocycles. The number of hydrogen-bond donors (Lipinski definition) is 0. The standard InChI is InChI=1S/C19H22F3N5O2/c20-19(21,22)18-23-15-4-2-1-3-14(15)17(24-18)27-7-5-25(6-8-27)13-16(28)26-9-11-29-12-10-26/h1-4H,5-13H2. The number of aromatic nitrogens is 2. The number of rotatable bonds is 3. The lowest BCUT2D eigenvalue weighted by Crippen LogP contribution is -2.51. The fraction of sp³-hybridized carbons (Fsp3) is 0.526. The number of fused-ring (bicyclic) bond motifs is 1. The van der Waals surface area contributed by atoms with Crippen LogP contribution in [-0.2, 0) is 15.7 Å². The number of carbonyl (C=O) groups excluding carboxylic acids is 1. The van der Waals surface area contributed by atoms with E-state index in [2.05, 4.69) is 9.97 Å². The first-order valence-corrected chi connectivity index (χ1v) is 9.58. The minimum Gasteiger partial charge on any atom is -0.378 e. The number of para-hydroxylation sites is 1. The van der Waals surface area contributed by atoms with Crippen molar-refractivity contribution in [3.8, 4) is 0 Å². The van der Waals surface area contributed by atoms with Gasteiger partial charge in [-0.3, -0.25) is 9.69 Å². The SMILES string of the molecule is O=C(CN1CCN(c2nc(C(F)(F)F)nc3ccccc23)CC1)N1CCOCC1. The van der Waals surface area contributed by atoms with E-state index in [1.54, 1.807) is 29.2 Å². The molecule has 2 aliphatic rings. The first-order valence-electron chi connectivity index (χ1n) is 9.58. The molecular weight excluding hydrogens is 387 g/mol. The van der Waals surface area contributed by atoms with Crippen LogP contribution < -0.4 is 4.90 Å². The average Bonchev–Trinajstić information content (AvgIpc) is 2.73. The van der Waals surface area contributed by atoms with E-state index >= 15 is 0 Å². The summed E-state index contributed by atoms with van der Waals surface area (Å²) in [6.45, 7) is 4.78. The van der Waals surface area contributed by atoms with Gasteiger partial charge >= 0.3 is 6.18 Å². The molecule has 10 heteroatoms. The second-order valence-corrected chi connectivity index (χ2v) is 7.14. The lowest BCUT2D eigenvalue weighted by molar-refractivity contribution is -0.144. The quantitative estimate of drug-likeness (QED) is 0.768. The maximum absolute atomic E-state index is 13.2. The van der Waals surface area contributed by atoms with Gasteiger partial charge in [0, 0.05) is 44.7 Å². The van der Waals surface area contributed by atoms with E-state index in [9.17, 15) is 18.0 Å². The van der Waals surface area contributed by atoms with Crippen LogP contribution in [0.25, 0.3) is 10.9 Å². The Hall–Kier alpha value is -2.46. The highest BCUT2D eigenvalue weighted by molar-refractivity contribution is 5.89. The van der Waals surface area contributed by atoms with Crippen LogP contribution in [0.3, 0.4) is 0 Å². The predicted octanol–water partition coefficient (Wildman–Crippen LogP) is 1.63. The third-order valence-corrected chi connectivity index (χ3v) is 5.23. The summed E-state index contributed by atoms with van der Waals surface area (Å²) in [7, 11) is 0. The predicted molar refractivity (Wildman–Crippen MR) is 101 cm³/mol. The average molecular weight is 409 g/mol. The number of ether oxygens (including phenoxy) is 1. The van der Waals surface area contributed by atoms with Gasteiger partial charge in [0.05, 0.1) is 25.3 Å². The van der Waals surface area contributed by atoms with Crippen LogP contribution in [-0.4, -0.2) is 84.7 Å². The van der Waals surface area contributed by atoms with Crippen LogP contribution in [0.2, 0.25) is 0 Å². The fourth-order valence-corrected chi connectivity index (χ4v) is 3.65. The van der Waals surface area contributed by atoms with Crippen molar-refractivity contribution in [3.63, 3.8) is 0 Å². The highest BCUT2D eigenvalue weighted by Crippen LogP contribution is 2.32. The van der Waals surface area contributed by atoms with E-state index in [0.29, 0.717) is 70.2 Å². The van der Waals surface area contributed by atoms with Crippen LogP contribution >= 0.6 is 0 Å². The number of piperazine rings is 1. The van der Waals surface area contributed by atoms with Gasteiger partial charge in [-0.15, -0.1) is 0 Å². The summed E-state index contributed by atoms with van der Waals surface area (Å²) in [6, 6.07) is 6.72. The molecule has 0 saturated carbocycles. The Morgan fingerprint density at radius 1 is 1.00 bits per heavy atom. The molecule has 1 amide bonds. The maximum atomic E-state index is 13.2. The monoisotopic (exact) mass is 409 g/mol. The van der Waals surface area contributed by atoms with Gasteiger partial charge in [-0.1, -0.05) is 12.1 Å². The zero-order chi connectivity index (χ0) is 20.4. The number of morpholine rings is 1. The van der Waals surface area contributed by atoms with Crippen molar-refractivity contribution in [2.24, 2.45) is 0 Å². The van der Waals surface area contributed by atoms with E-state index in [4.69, 9.17) is 4.74 Å². The van der Waals surface area contributed by atoms with Gasteiger partial charge in [0.1, 0.15) is 5.82 Å². The molecule has 1 aromatic heterocycles. The zero-order valence-corrected chi connectivity index (χ0v) is 15.9. The van der Waals surface area contributed by atoms with Crippen LogP contribution in [0.5, 0.6) is 0 Å². The first-order chi connectivity index (χ1) is 13.9. The molecule has 2 aromatic rings. The van der Waals surface area contributed by atoms with Crippen molar-refractivity contribution in [2.45, 2.75) is 6.18 Å². The van der Waals surface area contributed by atoms with Gasteiger partial charge in [0.25, 0.3) is 0 Å². The molecule has 2 saturated heterocycles. The number of carbonyl (C=O) groups is 1. The molecule has 0 spiro atoms. The van der Waals surface area contributed by atoms with Gasteiger partial charge in [0.15, 0.2) is 0 Å². The molecule has 0 aliphatic carbocycles. The van der Waals surface area contributed by atoms with Crippen LogP contribution in [0, 0.1) is 0 Å². The number of alkyl halides is 3. The zero-order valence-electron chi connectivity index (χ0n) is 15.9. The van der Waals surface area contributed by atoms with Gasteiger partial charge in [0.2, 0.25) is 11.7 Å². The van der Waals surface area contributed by atoms with Crippen molar-refractivity contribution in [3.05, 3.63) is 30.1 Å². The largest absolute Gasteiger partial charge is 0.451 e. The van der Waals surface area contributed by atoms with Crippen LogP contribution in [0.1, 0.15) is 5.82 Å². The molecule has 0 unspecified atom stereocenters. The molecule has 0 atom stereocenters. The van der Waals surface area contributed by atoms with E-state index in [1.165, 1.54) is 0 Å².